The van der Waals surface area contributed by atoms with Gasteiger partial charge in [-0.1, -0.05) is 6.92 Å². The van der Waals surface area contributed by atoms with Crippen LogP contribution in [-0.4, -0.2) is 11.5 Å². The van der Waals surface area contributed by atoms with Gasteiger partial charge in [0.2, 0.25) is 0 Å². The highest BCUT2D eigenvalue weighted by atomic mass is 32.1. The second kappa shape index (κ2) is 5.97. The van der Waals surface area contributed by atoms with Crippen LogP contribution in [-0.2, 0) is 6.18 Å². The molecule has 3 nitrogen and oxygen atoms in total. The van der Waals surface area contributed by atoms with E-state index in [2.05, 4.69) is 10.3 Å². The van der Waals surface area contributed by atoms with E-state index in [4.69, 9.17) is 4.42 Å². The zero-order chi connectivity index (χ0) is 14.8. The number of aryl methyl sites for hydroxylation is 1. The van der Waals surface area contributed by atoms with Crippen molar-refractivity contribution in [1.29, 1.82) is 0 Å². The summed E-state index contributed by atoms with van der Waals surface area (Å²) in [6, 6.07) is 3.18. The van der Waals surface area contributed by atoms with Gasteiger partial charge in [-0.15, -0.1) is 11.3 Å². The van der Waals surface area contributed by atoms with E-state index in [0.717, 1.165) is 12.2 Å². The first-order chi connectivity index (χ1) is 9.41. The van der Waals surface area contributed by atoms with Crippen molar-refractivity contribution in [2.45, 2.75) is 32.5 Å². The lowest BCUT2D eigenvalue weighted by Crippen LogP contribution is -2.21. The minimum absolute atomic E-state index is 0.391. The Labute approximate surface area is 118 Å². The van der Waals surface area contributed by atoms with Gasteiger partial charge in [0.25, 0.3) is 0 Å². The monoisotopic (exact) mass is 304 g/mol. The second-order valence-electron chi connectivity index (χ2n) is 4.40. The maximum atomic E-state index is 12.6. The maximum absolute atomic E-state index is 12.6. The number of furan rings is 1. The van der Waals surface area contributed by atoms with Crippen LogP contribution in [0, 0.1) is 6.92 Å². The van der Waals surface area contributed by atoms with Gasteiger partial charge in [0.1, 0.15) is 17.6 Å². The molecule has 1 unspecified atom stereocenters. The normalized spacial score (nSPS) is 13.7. The number of aromatic nitrogens is 1. The molecule has 2 aromatic heterocycles. The molecule has 110 valence electrons. The average molecular weight is 304 g/mol. The van der Waals surface area contributed by atoms with Gasteiger partial charge in [-0.25, -0.2) is 4.98 Å². The topological polar surface area (TPSA) is 38.1 Å². The average Bonchev–Trinajstić information content (AvgIpc) is 2.99. The van der Waals surface area contributed by atoms with Gasteiger partial charge in [-0.05, 0) is 32.0 Å². The van der Waals surface area contributed by atoms with Crippen LogP contribution in [0.2, 0.25) is 0 Å². The van der Waals surface area contributed by atoms with Crippen LogP contribution in [0.25, 0.3) is 0 Å². The number of rotatable bonds is 5. The number of nitrogens with one attached hydrogen (secondary N) is 1. The maximum Gasteiger partial charge on any atom is 0.443 e. The summed E-state index contributed by atoms with van der Waals surface area (Å²) in [5.41, 5.74) is 0. The van der Waals surface area contributed by atoms with E-state index in [-0.39, 0.29) is 0 Å². The lowest BCUT2D eigenvalue weighted by molar-refractivity contribution is -0.137. The standard InChI is InChI=1S/C13H15F3N2OS/c1-3-6-17-11(9-5-4-8(2)19-9)10-7-18-12(20-10)13(14,15)16/h4-5,7,11,17H,3,6H2,1-2H3. The van der Waals surface area contributed by atoms with Crippen molar-refractivity contribution in [3.63, 3.8) is 0 Å². The molecular formula is C13H15F3N2OS. The Morgan fingerprint density at radius 3 is 2.65 bits per heavy atom. The first-order valence-corrected chi connectivity index (χ1v) is 7.06. The molecule has 0 spiro atoms. The van der Waals surface area contributed by atoms with Crippen LogP contribution >= 0.6 is 11.3 Å². The fourth-order valence-corrected chi connectivity index (χ4v) is 2.66. The Morgan fingerprint density at radius 2 is 2.15 bits per heavy atom. The van der Waals surface area contributed by atoms with E-state index in [1.54, 1.807) is 19.1 Å². The van der Waals surface area contributed by atoms with Crippen molar-refractivity contribution in [2.75, 3.05) is 6.54 Å². The minimum Gasteiger partial charge on any atom is -0.464 e. The van der Waals surface area contributed by atoms with Gasteiger partial charge >= 0.3 is 6.18 Å². The van der Waals surface area contributed by atoms with Crippen LogP contribution in [0.3, 0.4) is 0 Å². The molecule has 0 amide bonds. The molecule has 2 rings (SSSR count). The number of nitrogens with zero attached hydrogens (tertiary/aromatic N) is 1. The molecule has 0 aliphatic heterocycles. The molecule has 0 bridgehead atoms. The summed E-state index contributed by atoms with van der Waals surface area (Å²) < 4.78 is 43.4. The Bertz CT molecular complexity index is 562. The van der Waals surface area contributed by atoms with Crippen molar-refractivity contribution in [3.05, 3.63) is 39.7 Å². The summed E-state index contributed by atoms with van der Waals surface area (Å²) >= 11 is 0.644. The molecule has 0 fully saturated rings. The number of halogens is 3. The number of thiazole rings is 1. The fraction of sp³-hybridized carbons (Fsp3) is 0.462. The molecule has 0 saturated carbocycles. The third-order valence-corrected chi connectivity index (χ3v) is 3.80. The molecule has 20 heavy (non-hydrogen) atoms. The Balaban J connectivity index is 2.29. The van der Waals surface area contributed by atoms with Crippen LogP contribution < -0.4 is 5.32 Å². The molecule has 0 saturated heterocycles. The summed E-state index contributed by atoms with van der Waals surface area (Å²) in [6.07, 6.45) is -2.27. The van der Waals surface area contributed by atoms with Gasteiger partial charge in [0.05, 0.1) is 0 Å². The van der Waals surface area contributed by atoms with E-state index in [1.165, 1.54) is 6.20 Å². The van der Waals surface area contributed by atoms with Crippen LogP contribution in [0.5, 0.6) is 0 Å². The molecule has 0 aromatic carbocycles. The van der Waals surface area contributed by atoms with Crippen molar-refractivity contribution in [3.8, 4) is 0 Å². The van der Waals surface area contributed by atoms with Crippen LogP contribution in [0.1, 0.15) is 40.8 Å². The second-order valence-corrected chi connectivity index (χ2v) is 5.46. The molecule has 0 radical (unpaired) electrons. The molecule has 2 aromatic rings. The van der Waals surface area contributed by atoms with Gasteiger partial charge in [-0.2, -0.15) is 13.2 Å². The summed E-state index contributed by atoms with van der Waals surface area (Å²) in [4.78, 5) is 3.96. The lowest BCUT2D eigenvalue weighted by Gasteiger charge is -2.14. The van der Waals surface area contributed by atoms with Crippen molar-refractivity contribution < 1.29 is 17.6 Å². The van der Waals surface area contributed by atoms with Crippen molar-refractivity contribution >= 4 is 11.3 Å². The zero-order valence-corrected chi connectivity index (χ0v) is 11.9. The van der Waals surface area contributed by atoms with E-state index >= 15 is 0 Å². The highest BCUT2D eigenvalue weighted by Crippen LogP contribution is 2.36. The molecule has 0 aliphatic carbocycles. The van der Waals surface area contributed by atoms with E-state index in [1.807, 2.05) is 6.92 Å². The molecule has 2 heterocycles. The van der Waals surface area contributed by atoms with E-state index < -0.39 is 17.2 Å². The van der Waals surface area contributed by atoms with Gasteiger partial charge in [0, 0.05) is 11.1 Å². The van der Waals surface area contributed by atoms with Gasteiger partial charge in [0.15, 0.2) is 5.01 Å². The molecule has 1 atom stereocenters. The van der Waals surface area contributed by atoms with Crippen molar-refractivity contribution in [1.82, 2.24) is 10.3 Å². The summed E-state index contributed by atoms with van der Waals surface area (Å²) in [7, 11) is 0. The summed E-state index contributed by atoms with van der Waals surface area (Å²) in [5, 5.41) is 2.36. The first-order valence-electron chi connectivity index (χ1n) is 6.24. The number of alkyl halides is 3. The molecule has 7 heteroatoms. The van der Waals surface area contributed by atoms with Gasteiger partial charge in [-0.3, -0.25) is 0 Å². The predicted octanol–water partition coefficient (Wildman–Crippen LogP) is 4.15. The molecule has 1 N–H and O–H groups in total. The summed E-state index contributed by atoms with van der Waals surface area (Å²) in [5.74, 6) is 1.33. The number of hydrogen-bond acceptors (Lipinski definition) is 4. The van der Waals surface area contributed by atoms with Crippen LogP contribution in [0.15, 0.2) is 22.7 Å². The van der Waals surface area contributed by atoms with Gasteiger partial charge < -0.3 is 9.73 Å². The Hall–Kier alpha value is -1.34. The fourth-order valence-electron chi connectivity index (χ4n) is 1.79. The largest absolute Gasteiger partial charge is 0.464 e. The number of hydrogen-bond donors (Lipinski definition) is 1. The third-order valence-electron chi connectivity index (χ3n) is 2.69. The predicted molar refractivity (Wildman–Crippen MR) is 70.7 cm³/mol. The Kier molecular flexibility index (Phi) is 4.49. The van der Waals surface area contributed by atoms with Crippen molar-refractivity contribution in [2.24, 2.45) is 0 Å². The highest BCUT2D eigenvalue weighted by Gasteiger charge is 2.35. The lowest BCUT2D eigenvalue weighted by atomic mass is 10.2. The first kappa shape index (κ1) is 15.1. The highest BCUT2D eigenvalue weighted by molar-refractivity contribution is 7.11. The third kappa shape index (κ3) is 3.40. The van der Waals surface area contributed by atoms with Crippen LogP contribution in [0.4, 0.5) is 13.2 Å². The minimum atomic E-state index is -4.41. The molecular weight excluding hydrogens is 289 g/mol. The smallest absolute Gasteiger partial charge is 0.443 e. The molecule has 0 aliphatic rings. The quantitative estimate of drug-likeness (QED) is 0.901. The Morgan fingerprint density at radius 1 is 1.40 bits per heavy atom. The summed E-state index contributed by atoms with van der Waals surface area (Å²) in [6.45, 7) is 4.48. The van der Waals surface area contributed by atoms with E-state index in [9.17, 15) is 13.2 Å². The zero-order valence-electron chi connectivity index (χ0n) is 11.1. The van der Waals surface area contributed by atoms with E-state index in [0.29, 0.717) is 28.5 Å². The SMILES string of the molecule is CCCNC(c1ccc(C)o1)c1cnc(C(F)(F)F)s1.